The monoisotopic (exact) mass is 412 g/mol. The topological polar surface area (TPSA) is 96.0 Å². The molecule has 0 fully saturated rings. The third-order valence-corrected chi connectivity index (χ3v) is 6.52. The van der Waals surface area contributed by atoms with Crippen molar-refractivity contribution in [1.82, 2.24) is 0 Å². The van der Waals surface area contributed by atoms with E-state index in [1.807, 2.05) is 20.8 Å². The van der Waals surface area contributed by atoms with Crippen LogP contribution in [0.25, 0.3) is 0 Å². The standard InChI is InChI=1S/C17H32O7S2/c1-7-25(18,19)11-9-22-13-15(3)17(5,6)24-14-16(4)23-10-12-26(20,21)8-2/h7-8,15-16H,1-2,9-14H2,3-6H3. The van der Waals surface area contributed by atoms with Gasteiger partial charge in [0.1, 0.15) is 0 Å². The van der Waals surface area contributed by atoms with Gasteiger partial charge in [-0.25, -0.2) is 16.8 Å². The van der Waals surface area contributed by atoms with Gasteiger partial charge in [-0.2, -0.15) is 0 Å². The molecule has 7 nitrogen and oxygen atoms in total. The molecule has 26 heavy (non-hydrogen) atoms. The summed E-state index contributed by atoms with van der Waals surface area (Å²) < 4.78 is 62.0. The average Bonchev–Trinajstić information content (AvgIpc) is 2.56. The van der Waals surface area contributed by atoms with Crippen molar-refractivity contribution in [2.24, 2.45) is 5.92 Å². The smallest absolute Gasteiger partial charge is 0.173 e. The highest BCUT2D eigenvalue weighted by Gasteiger charge is 2.27. The molecule has 2 atom stereocenters. The van der Waals surface area contributed by atoms with E-state index in [4.69, 9.17) is 14.2 Å². The Morgan fingerprint density at radius 3 is 1.92 bits per heavy atom. The van der Waals surface area contributed by atoms with E-state index in [9.17, 15) is 16.8 Å². The summed E-state index contributed by atoms with van der Waals surface area (Å²) in [6.45, 7) is 14.9. The third-order valence-electron chi connectivity index (χ3n) is 4.03. The Kier molecular flexibility index (Phi) is 10.9. The first-order valence-corrected chi connectivity index (χ1v) is 11.8. The Balaban J connectivity index is 4.17. The molecule has 0 rings (SSSR count). The van der Waals surface area contributed by atoms with Crippen LogP contribution in [0.15, 0.2) is 24.0 Å². The zero-order valence-electron chi connectivity index (χ0n) is 16.1. The van der Waals surface area contributed by atoms with E-state index in [0.29, 0.717) is 13.2 Å². The minimum Gasteiger partial charge on any atom is -0.380 e. The molecule has 0 aliphatic heterocycles. The Morgan fingerprint density at radius 2 is 1.42 bits per heavy atom. The maximum Gasteiger partial charge on any atom is 0.173 e. The van der Waals surface area contributed by atoms with Crippen LogP contribution in [0.3, 0.4) is 0 Å². The molecule has 0 amide bonds. The van der Waals surface area contributed by atoms with E-state index in [1.54, 1.807) is 6.92 Å². The zero-order valence-corrected chi connectivity index (χ0v) is 17.8. The molecular formula is C17H32O7S2. The van der Waals surface area contributed by atoms with E-state index in [-0.39, 0.29) is 36.7 Å². The van der Waals surface area contributed by atoms with Gasteiger partial charge < -0.3 is 14.2 Å². The highest BCUT2D eigenvalue weighted by atomic mass is 32.2. The molecule has 0 aromatic carbocycles. The number of rotatable bonds is 15. The van der Waals surface area contributed by atoms with Crippen LogP contribution >= 0.6 is 0 Å². The molecule has 0 bridgehead atoms. The van der Waals surface area contributed by atoms with Gasteiger partial charge in [0.15, 0.2) is 19.7 Å². The Labute approximate surface area is 158 Å². The molecule has 0 aliphatic carbocycles. The summed E-state index contributed by atoms with van der Waals surface area (Å²) in [6, 6.07) is 0. The molecule has 9 heteroatoms. The van der Waals surface area contributed by atoms with Crippen LogP contribution in [0.2, 0.25) is 0 Å². The zero-order chi connectivity index (χ0) is 20.4. The van der Waals surface area contributed by atoms with Crippen molar-refractivity contribution >= 4 is 19.7 Å². The summed E-state index contributed by atoms with van der Waals surface area (Å²) in [5, 5.41) is 1.84. The lowest BCUT2D eigenvalue weighted by atomic mass is 9.93. The first-order chi connectivity index (χ1) is 11.9. The first kappa shape index (κ1) is 25.3. The second-order valence-electron chi connectivity index (χ2n) is 6.64. The van der Waals surface area contributed by atoms with Gasteiger partial charge in [-0.3, -0.25) is 0 Å². The highest BCUT2D eigenvalue weighted by molar-refractivity contribution is 7.94. The number of hydrogen-bond acceptors (Lipinski definition) is 7. The van der Waals surface area contributed by atoms with Crippen molar-refractivity contribution in [2.75, 3.05) is 37.9 Å². The molecule has 0 heterocycles. The Morgan fingerprint density at radius 1 is 0.923 bits per heavy atom. The van der Waals surface area contributed by atoms with Crippen LogP contribution in [-0.2, 0) is 33.9 Å². The fourth-order valence-electron chi connectivity index (χ4n) is 1.69. The van der Waals surface area contributed by atoms with Crippen molar-refractivity contribution in [3.05, 3.63) is 24.0 Å². The Hall–Kier alpha value is -0.740. The lowest BCUT2D eigenvalue weighted by Crippen LogP contribution is -2.38. The molecule has 0 spiro atoms. The maximum atomic E-state index is 11.3. The molecule has 0 saturated carbocycles. The van der Waals surface area contributed by atoms with Crippen LogP contribution in [0.5, 0.6) is 0 Å². The van der Waals surface area contributed by atoms with E-state index >= 15 is 0 Å². The fourth-order valence-corrected chi connectivity index (χ4v) is 2.70. The largest absolute Gasteiger partial charge is 0.380 e. The second-order valence-corrected chi connectivity index (χ2v) is 10.8. The van der Waals surface area contributed by atoms with Gasteiger partial charge in [0.25, 0.3) is 0 Å². The summed E-state index contributed by atoms with van der Waals surface area (Å²) in [4.78, 5) is 0. The molecule has 0 N–H and O–H groups in total. The summed E-state index contributed by atoms with van der Waals surface area (Å²) in [7, 11) is -6.52. The quantitative estimate of drug-likeness (QED) is 0.379. The first-order valence-electron chi connectivity index (χ1n) is 8.39. The van der Waals surface area contributed by atoms with Crippen molar-refractivity contribution < 1.29 is 31.0 Å². The lowest BCUT2D eigenvalue weighted by molar-refractivity contribution is -0.109. The van der Waals surface area contributed by atoms with Gasteiger partial charge in [0.05, 0.1) is 49.6 Å². The second kappa shape index (κ2) is 11.2. The molecule has 154 valence electrons. The van der Waals surface area contributed by atoms with Crippen molar-refractivity contribution in [3.63, 3.8) is 0 Å². The predicted molar refractivity (Wildman–Crippen MR) is 103 cm³/mol. The van der Waals surface area contributed by atoms with Crippen molar-refractivity contribution in [2.45, 2.75) is 39.4 Å². The van der Waals surface area contributed by atoms with Gasteiger partial charge in [-0.05, 0) is 20.8 Å². The summed E-state index contributed by atoms with van der Waals surface area (Å²) in [5.41, 5.74) is -0.512. The summed E-state index contributed by atoms with van der Waals surface area (Å²) in [6.07, 6.45) is -0.264. The van der Waals surface area contributed by atoms with Crippen LogP contribution in [0.1, 0.15) is 27.7 Å². The molecule has 0 aromatic heterocycles. The van der Waals surface area contributed by atoms with Gasteiger partial charge in [0, 0.05) is 16.7 Å². The third kappa shape index (κ3) is 11.1. The molecule has 0 radical (unpaired) electrons. The predicted octanol–water partition coefficient (Wildman–Crippen LogP) is 1.96. The summed E-state index contributed by atoms with van der Waals surface area (Å²) in [5.74, 6) is -0.187. The van der Waals surface area contributed by atoms with E-state index in [0.717, 1.165) is 10.8 Å². The van der Waals surface area contributed by atoms with Gasteiger partial charge in [0.2, 0.25) is 0 Å². The molecule has 0 aromatic rings. The molecular weight excluding hydrogens is 380 g/mol. The van der Waals surface area contributed by atoms with Crippen molar-refractivity contribution in [3.8, 4) is 0 Å². The van der Waals surface area contributed by atoms with Gasteiger partial charge in [-0.15, -0.1) is 0 Å². The van der Waals surface area contributed by atoms with Gasteiger partial charge in [-0.1, -0.05) is 20.1 Å². The SMILES string of the molecule is C=CS(=O)(=O)CCOCC(C)C(C)(C)OCC(C)OCCS(=O)(=O)C=C. The van der Waals surface area contributed by atoms with Crippen LogP contribution in [-0.4, -0.2) is 66.5 Å². The molecule has 0 aliphatic rings. The van der Waals surface area contributed by atoms with E-state index in [2.05, 4.69) is 13.2 Å². The summed E-state index contributed by atoms with van der Waals surface area (Å²) >= 11 is 0. The highest BCUT2D eigenvalue weighted by Crippen LogP contribution is 2.22. The lowest BCUT2D eigenvalue weighted by Gasteiger charge is -2.33. The number of sulfone groups is 2. The van der Waals surface area contributed by atoms with Crippen LogP contribution < -0.4 is 0 Å². The molecule has 2 unspecified atom stereocenters. The maximum absolute atomic E-state index is 11.3. The minimum atomic E-state index is -3.26. The van der Waals surface area contributed by atoms with Crippen LogP contribution in [0.4, 0.5) is 0 Å². The van der Waals surface area contributed by atoms with E-state index in [1.165, 1.54) is 0 Å². The van der Waals surface area contributed by atoms with Crippen LogP contribution in [0, 0.1) is 5.92 Å². The van der Waals surface area contributed by atoms with E-state index < -0.39 is 25.3 Å². The number of ether oxygens (including phenoxy) is 3. The number of hydrogen-bond donors (Lipinski definition) is 0. The average molecular weight is 413 g/mol. The fraction of sp³-hybridized carbons (Fsp3) is 0.765. The van der Waals surface area contributed by atoms with Crippen molar-refractivity contribution in [1.29, 1.82) is 0 Å². The Bertz CT molecular complexity index is 636. The minimum absolute atomic E-state index is 0.0160. The van der Waals surface area contributed by atoms with Gasteiger partial charge >= 0.3 is 0 Å². The normalized spacial score (nSPS) is 15.4. The molecule has 0 saturated heterocycles.